The van der Waals surface area contributed by atoms with Gasteiger partial charge in [-0.05, 0) is 44.0 Å². The minimum Gasteiger partial charge on any atom is -0.491 e. The van der Waals surface area contributed by atoms with Crippen LogP contribution in [0.15, 0.2) is 24.3 Å². The molecule has 0 atom stereocenters. The Morgan fingerprint density at radius 2 is 1.86 bits per heavy atom. The van der Waals surface area contributed by atoms with Gasteiger partial charge in [-0.2, -0.15) is 0 Å². The third kappa shape index (κ3) is 5.93. The van der Waals surface area contributed by atoms with Crippen LogP contribution in [0.4, 0.5) is 10.5 Å². The molecule has 2 N–H and O–H groups in total. The quantitative estimate of drug-likeness (QED) is 0.757. The van der Waals surface area contributed by atoms with Crippen molar-refractivity contribution in [2.24, 2.45) is 0 Å². The lowest BCUT2D eigenvalue weighted by atomic mass is 9.96. The maximum absolute atomic E-state index is 11.9. The Kier molecular flexibility index (Phi) is 7.03. The van der Waals surface area contributed by atoms with Crippen molar-refractivity contribution in [2.45, 2.75) is 45.1 Å². The normalized spacial score (nSPS) is 15.3. The van der Waals surface area contributed by atoms with Crippen LogP contribution in [0.2, 0.25) is 0 Å². The Balaban J connectivity index is 1.71. The molecule has 0 spiro atoms. The van der Waals surface area contributed by atoms with Gasteiger partial charge in [0.05, 0.1) is 6.61 Å². The van der Waals surface area contributed by atoms with Crippen molar-refractivity contribution in [3.05, 3.63) is 24.3 Å². The first kappa shape index (κ1) is 16.6. The van der Waals surface area contributed by atoms with Gasteiger partial charge in [-0.15, -0.1) is 0 Å². The third-order valence-electron chi connectivity index (χ3n) is 3.75. The maximum Gasteiger partial charge on any atom is 0.319 e. The van der Waals surface area contributed by atoms with Crippen molar-refractivity contribution in [1.82, 2.24) is 5.32 Å². The maximum atomic E-state index is 11.9. The van der Waals surface area contributed by atoms with Crippen LogP contribution in [0, 0.1) is 0 Å². The van der Waals surface area contributed by atoms with Crippen molar-refractivity contribution in [3.8, 4) is 5.75 Å². The van der Waals surface area contributed by atoms with E-state index in [0.717, 1.165) is 24.3 Å². The summed E-state index contributed by atoms with van der Waals surface area (Å²) in [7, 11) is 0. The van der Waals surface area contributed by atoms with Crippen LogP contribution in [0.5, 0.6) is 5.75 Å². The van der Waals surface area contributed by atoms with Crippen LogP contribution in [0.25, 0.3) is 0 Å². The molecular weight excluding hydrogens is 280 g/mol. The van der Waals surface area contributed by atoms with Crippen molar-refractivity contribution < 1.29 is 14.3 Å². The molecule has 1 aliphatic carbocycles. The molecule has 1 aromatic rings. The van der Waals surface area contributed by atoms with E-state index in [1.54, 1.807) is 0 Å². The summed E-state index contributed by atoms with van der Waals surface area (Å²) < 4.78 is 10.7. The van der Waals surface area contributed by atoms with Gasteiger partial charge in [-0.25, -0.2) is 4.79 Å². The highest BCUT2D eigenvalue weighted by Gasteiger charge is 2.15. The van der Waals surface area contributed by atoms with Gasteiger partial charge in [-0.3, -0.25) is 0 Å². The summed E-state index contributed by atoms with van der Waals surface area (Å²) in [5.74, 6) is 0.776. The molecule has 5 heteroatoms. The highest BCUT2D eigenvalue weighted by atomic mass is 16.5. The van der Waals surface area contributed by atoms with Gasteiger partial charge in [0.25, 0.3) is 0 Å². The second-order valence-corrected chi connectivity index (χ2v) is 5.50. The number of hydrogen-bond acceptors (Lipinski definition) is 3. The minimum absolute atomic E-state index is 0.128. The molecule has 0 saturated heterocycles. The van der Waals surface area contributed by atoms with Crippen molar-refractivity contribution in [1.29, 1.82) is 0 Å². The number of nitrogens with one attached hydrogen (secondary N) is 2. The predicted octanol–water partition coefficient (Wildman–Crippen LogP) is 3.56. The highest BCUT2D eigenvalue weighted by molar-refractivity contribution is 5.89. The summed E-state index contributed by atoms with van der Waals surface area (Å²) in [4.78, 5) is 11.9. The molecular formula is C17H26N2O3. The number of rotatable bonds is 7. The molecule has 1 aliphatic rings. The molecule has 0 radical (unpaired) electrons. The second kappa shape index (κ2) is 9.30. The number of amides is 2. The summed E-state index contributed by atoms with van der Waals surface area (Å²) in [6.07, 6.45) is 5.86. The molecule has 5 nitrogen and oxygen atoms in total. The van der Waals surface area contributed by atoms with Crippen LogP contribution in [0.1, 0.15) is 39.0 Å². The Labute approximate surface area is 132 Å². The first-order chi connectivity index (χ1) is 10.8. The van der Waals surface area contributed by atoms with Crippen LogP contribution < -0.4 is 15.4 Å². The van der Waals surface area contributed by atoms with Gasteiger partial charge in [0.15, 0.2) is 0 Å². The lowest BCUT2D eigenvalue weighted by molar-refractivity contribution is 0.110. The monoisotopic (exact) mass is 306 g/mol. The first-order valence-corrected chi connectivity index (χ1v) is 8.16. The van der Waals surface area contributed by atoms with Crippen LogP contribution in [0.3, 0.4) is 0 Å². The zero-order chi connectivity index (χ0) is 15.6. The molecule has 1 fully saturated rings. The average molecular weight is 306 g/mol. The van der Waals surface area contributed by atoms with Crippen LogP contribution in [-0.2, 0) is 4.74 Å². The van der Waals surface area contributed by atoms with E-state index in [4.69, 9.17) is 9.47 Å². The highest BCUT2D eigenvalue weighted by Crippen LogP contribution is 2.18. The Bertz CT molecular complexity index is 442. The number of benzene rings is 1. The zero-order valence-corrected chi connectivity index (χ0v) is 13.3. The molecule has 22 heavy (non-hydrogen) atoms. The van der Waals surface area contributed by atoms with E-state index in [0.29, 0.717) is 25.9 Å². The van der Waals surface area contributed by atoms with Crippen LogP contribution in [-0.4, -0.2) is 31.9 Å². The molecule has 1 saturated carbocycles. The topological polar surface area (TPSA) is 59.6 Å². The lowest BCUT2D eigenvalue weighted by Gasteiger charge is -2.22. The summed E-state index contributed by atoms with van der Waals surface area (Å²) in [6.45, 7) is 3.77. The van der Waals surface area contributed by atoms with Gasteiger partial charge in [0.1, 0.15) is 12.4 Å². The number of anilines is 1. The summed E-state index contributed by atoms with van der Waals surface area (Å²) >= 11 is 0. The van der Waals surface area contributed by atoms with Crippen molar-refractivity contribution >= 4 is 11.7 Å². The van der Waals surface area contributed by atoms with Crippen LogP contribution >= 0.6 is 0 Å². The first-order valence-electron chi connectivity index (χ1n) is 8.16. The summed E-state index contributed by atoms with van der Waals surface area (Å²) in [5.41, 5.74) is 0.769. The number of carbonyl (C=O) groups excluding carboxylic acids is 1. The largest absolute Gasteiger partial charge is 0.491 e. The fraction of sp³-hybridized carbons (Fsp3) is 0.588. The molecule has 0 aliphatic heterocycles. The Morgan fingerprint density at radius 1 is 1.14 bits per heavy atom. The number of carbonyl (C=O) groups is 1. The molecule has 2 rings (SSSR count). The van der Waals surface area contributed by atoms with E-state index in [2.05, 4.69) is 10.6 Å². The zero-order valence-electron chi connectivity index (χ0n) is 13.3. The third-order valence-corrected chi connectivity index (χ3v) is 3.75. The molecule has 0 bridgehead atoms. The molecule has 0 aromatic heterocycles. The number of ether oxygens (including phenoxy) is 2. The van der Waals surface area contributed by atoms with Gasteiger partial charge >= 0.3 is 6.03 Å². The fourth-order valence-corrected chi connectivity index (χ4v) is 2.60. The predicted molar refractivity (Wildman–Crippen MR) is 87.5 cm³/mol. The molecule has 2 amide bonds. The molecule has 122 valence electrons. The van der Waals surface area contributed by atoms with E-state index >= 15 is 0 Å². The standard InChI is InChI=1S/C17H26N2O3/c1-2-21-12-13-22-16-10-8-15(9-11-16)19-17(20)18-14-6-4-3-5-7-14/h8-11,14H,2-7,12-13H2,1H3,(H2,18,19,20). The average Bonchev–Trinajstić information content (AvgIpc) is 2.54. The van der Waals surface area contributed by atoms with Gasteiger partial charge in [-0.1, -0.05) is 19.3 Å². The summed E-state index contributed by atoms with van der Waals surface area (Å²) in [6, 6.07) is 7.57. The number of urea groups is 1. The molecule has 0 heterocycles. The lowest BCUT2D eigenvalue weighted by Crippen LogP contribution is -2.38. The Morgan fingerprint density at radius 3 is 2.55 bits per heavy atom. The van der Waals surface area contributed by atoms with Crippen molar-refractivity contribution in [2.75, 3.05) is 25.1 Å². The molecule has 1 aromatic carbocycles. The summed E-state index contributed by atoms with van der Waals surface area (Å²) in [5, 5.41) is 5.89. The van der Waals surface area contributed by atoms with E-state index < -0.39 is 0 Å². The minimum atomic E-state index is -0.128. The van der Waals surface area contributed by atoms with E-state index in [1.165, 1.54) is 19.3 Å². The second-order valence-electron chi connectivity index (χ2n) is 5.50. The van der Waals surface area contributed by atoms with Gasteiger partial charge < -0.3 is 20.1 Å². The number of hydrogen-bond donors (Lipinski definition) is 2. The van der Waals surface area contributed by atoms with Gasteiger partial charge in [0, 0.05) is 18.3 Å². The van der Waals surface area contributed by atoms with Gasteiger partial charge in [0.2, 0.25) is 0 Å². The molecule has 0 unspecified atom stereocenters. The smallest absolute Gasteiger partial charge is 0.319 e. The van der Waals surface area contributed by atoms with E-state index in [9.17, 15) is 4.79 Å². The van der Waals surface area contributed by atoms with E-state index in [1.807, 2.05) is 31.2 Å². The fourth-order valence-electron chi connectivity index (χ4n) is 2.60. The SMILES string of the molecule is CCOCCOc1ccc(NC(=O)NC2CCCCC2)cc1. The Hall–Kier alpha value is -1.75. The van der Waals surface area contributed by atoms with Crippen molar-refractivity contribution in [3.63, 3.8) is 0 Å². The van der Waals surface area contributed by atoms with E-state index in [-0.39, 0.29) is 6.03 Å².